The molecule has 0 aromatic heterocycles. The zero-order valence-corrected chi connectivity index (χ0v) is 20.1. The fourth-order valence-corrected chi connectivity index (χ4v) is 4.92. The first-order chi connectivity index (χ1) is 17.6. The van der Waals surface area contributed by atoms with E-state index in [1.807, 2.05) is 29.2 Å². The average molecular weight is 499 g/mol. The Morgan fingerprint density at radius 1 is 1.00 bits per heavy atom. The summed E-state index contributed by atoms with van der Waals surface area (Å²) in [6.07, 6.45) is 1.81. The van der Waals surface area contributed by atoms with Gasteiger partial charge in [-0.3, -0.25) is 14.5 Å². The van der Waals surface area contributed by atoms with E-state index in [-0.39, 0.29) is 31.3 Å². The summed E-state index contributed by atoms with van der Waals surface area (Å²) in [5, 5.41) is 5.46. The maximum atomic E-state index is 14.3. The monoisotopic (exact) mass is 498 g/mol. The van der Waals surface area contributed by atoms with Crippen LogP contribution in [0, 0.1) is 5.82 Å². The maximum Gasteiger partial charge on any atom is 0.309 e. The lowest BCUT2D eigenvalue weighted by Gasteiger charge is -2.40. The third kappa shape index (κ3) is 5.55. The summed E-state index contributed by atoms with van der Waals surface area (Å²) in [7, 11) is 0. The molecule has 0 unspecified atom stereocenters. The number of carbonyl (C=O) groups excluding carboxylic acids is 2. The number of para-hydroxylation sites is 1. The lowest BCUT2D eigenvalue weighted by Crippen LogP contribution is -2.51. The Balaban J connectivity index is 1.24. The molecule has 2 aromatic carbocycles. The number of nitrogens with zero attached hydrogens (tertiary/aromatic N) is 2. The van der Waals surface area contributed by atoms with E-state index >= 15 is 0 Å². The Labute approximate surface area is 209 Å². The van der Waals surface area contributed by atoms with Crippen LogP contribution in [0.5, 0.6) is 11.5 Å². The Bertz CT molecular complexity index is 1090. The van der Waals surface area contributed by atoms with Gasteiger partial charge in [0.15, 0.2) is 11.5 Å². The molecule has 2 atom stereocenters. The molecule has 0 aliphatic carbocycles. The van der Waals surface area contributed by atoms with Crippen molar-refractivity contribution in [3.63, 3.8) is 0 Å². The van der Waals surface area contributed by atoms with Gasteiger partial charge in [-0.05, 0) is 42.7 Å². The highest BCUT2D eigenvalue weighted by molar-refractivity contribution is 6.35. The number of halogens is 1. The van der Waals surface area contributed by atoms with E-state index in [1.165, 1.54) is 6.07 Å². The van der Waals surface area contributed by atoms with E-state index in [2.05, 4.69) is 15.5 Å². The third-order valence-corrected chi connectivity index (χ3v) is 6.91. The molecule has 2 saturated heterocycles. The van der Waals surface area contributed by atoms with Gasteiger partial charge in [-0.25, -0.2) is 4.39 Å². The summed E-state index contributed by atoms with van der Waals surface area (Å²) in [6, 6.07) is 12.3. The van der Waals surface area contributed by atoms with Crippen LogP contribution in [-0.2, 0) is 14.3 Å². The van der Waals surface area contributed by atoms with Gasteiger partial charge < -0.3 is 29.7 Å². The van der Waals surface area contributed by atoms with Crippen molar-refractivity contribution in [2.45, 2.75) is 25.0 Å². The van der Waals surface area contributed by atoms with Crippen LogP contribution in [0.1, 0.15) is 24.4 Å². The molecule has 2 fully saturated rings. The van der Waals surface area contributed by atoms with Crippen LogP contribution in [0.25, 0.3) is 0 Å². The molecule has 3 heterocycles. The highest BCUT2D eigenvalue weighted by atomic mass is 19.1. The van der Waals surface area contributed by atoms with Crippen molar-refractivity contribution in [2.24, 2.45) is 0 Å². The number of hydrogen-bond acceptors (Lipinski definition) is 7. The van der Waals surface area contributed by atoms with Crippen LogP contribution in [0.3, 0.4) is 0 Å². The minimum Gasteiger partial charge on any atom is -0.454 e. The van der Waals surface area contributed by atoms with Gasteiger partial charge >= 0.3 is 11.8 Å². The van der Waals surface area contributed by atoms with Crippen LogP contribution in [-0.4, -0.2) is 75.5 Å². The zero-order chi connectivity index (χ0) is 24.9. The summed E-state index contributed by atoms with van der Waals surface area (Å²) in [5.41, 5.74) is 1.53. The van der Waals surface area contributed by atoms with Gasteiger partial charge in [-0.15, -0.1) is 0 Å². The quantitative estimate of drug-likeness (QED) is 0.563. The number of hydrogen-bond donors (Lipinski definition) is 2. The van der Waals surface area contributed by atoms with Gasteiger partial charge in [-0.1, -0.05) is 18.2 Å². The summed E-state index contributed by atoms with van der Waals surface area (Å²) in [5.74, 6) is -0.245. The van der Waals surface area contributed by atoms with E-state index < -0.39 is 11.8 Å². The number of nitrogens with one attached hydrogen (secondary N) is 2. The number of rotatable bonds is 7. The summed E-state index contributed by atoms with van der Waals surface area (Å²) >= 11 is 0. The molecule has 9 nitrogen and oxygen atoms in total. The fourth-order valence-electron chi connectivity index (χ4n) is 4.92. The van der Waals surface area contributed by atoms with Crippen molar-refractivity contribution in [1.82, 2.24) is 15.5 Å². The Morgan fingerprint density at radius 2 is 1.78 bits per heavy atom. The van der Waals surface area contributed by atoms with Gasteiger partial charge in [-0.2, -0.15) is 0 Å². The van der Waals surface area contributed by atoms with Crippen LogP contribution in [0.4, 0.5) is 10.1 Å². The number of ether oxygens (including phenoxy) is 3. The molecule has 3 aliphatic heterocycles. The van der Waals surface area contributed by atoms with Crippen molar-refractivity contribution >= 4 is 17.5 Å². The third-order valence-electron chi connectivity index (χ3n) is 6.91. The first-order valence-corrected chi connectivity index (χ1v) is 12.4. The van der Waals surface area contributed by atoms with Crippen molar-refractivity contribution < 1.29 is 28.2 Å². The largest absolute Gasteiger partial charge is 0.454 e. The molecule has 0 saturated carbocycles. The maximum absolute atomic E-state index is 14.3. The predicted molar refractivity (Wildman–Crippen MR) is 130 cm³/mol. The Morgan fingerprint density at radius 3 is 2.56 bits per heavy atom. The van der Waals surface area contributed by atoms with Crippen LogP contribution >= 0.6 is 0 Å². The van der Waals surface area contributed by atoms with Crippen LogP contribution in [0.15, 0.2) is 42.5 Å². The van der Waals surface area contributed by atoms with Gasteiger partial charge in [0.1, 0.15) is 5.82 Å². The van der Waals surface area contributed by atoms with Gasteiger partial charge in [0.05, 0.1) is 17.8 Å². The molecular formula is C26H31FN4O5. The number of carbonyl (C=O) groups is 2. The normalized spacial score (nSPS) is 20.2. The van der Waals surface area contributed by atoms with E-state index in [4.69, 9.17) is 14.2 Å². The van der Waals surface area contributed by atoms with E-state index in [1.54, 1.807) is 12.1 Å². The number of fused-ring (bicyclic) bond motifs is 1. The van der Waals surface area contributed by atoms with E-state index in [0.29, 0.717) is 56.5 Å². The van der Waals surface area contributed by atoms with E-state index in [9.17, 15) is 14.0 Å². The second-order valence-electron chi connectivity index (χ2n) is 9.16. The number of anilines is 1. The highest BCUT2D eigenvalue weighted by Gasteiger charge is 2.29. The Hall–Kier alpha value is -3.37. The summed E-state index contributed by atoms with van der Waals surface area (Å²) < 4.78 is 30.8. The second-order valence-corrected chi connectivity index (χ2v) is 9.16. The molecule has 2 N–H and O–H groups in total. The molecule has 10 heteroatoms. The number of benzene rings is 2. The molecule has 36 heavy (non-hydrogen) atoms. The van der Waals surface area contributed by atoms with Gasteiger partial charge in [0.25, 0.3) is 0 Å². The standard InChI is InChI=1S/C26H31FN4O5/c27-20-5-1-2-6-21(20)30-9-11-31(12-10-30)22(18-7-8-23-24(14-18)36-17-35-23)16-29-26(33)25(32)28-15-19-4-3-13-34-19/h1-2,5-8,14,19,22H,3-4,9-13,15-17H2,(H,28,32)(H,29,33)/t19-,22+/m1/s1. The van der Waals surface area contributed by atoms with Crippen molar-refractivity contribution in [3.8, 4) is 11.5 Å². The van der Waals surface area contributed by atoms with Crippen molar-refractivity contribution in [3.05, 3.63) is 53.8 Å². The topological polar surface area (TPSA) is 92.4 Å². The molecule has 2 aromatic rings. The molecule has 2 amide bonds. The number of amides is 2. The number of piperazine rings is 1. The first kappa shape index (κ1) is 24.3. The SMILES string of the molecule is O=C(NC[C@H]1CCCO1)C(=O)NC[C@@H](c1ccc2c(c1)OCO2)N1CCN(c2ccccc2F)CC1. The van der Waals surface area contributed by atoms with Crippen molar-refractivity contribution in [1.29, 1.82) is 0 Å². The minimum atomic E-state index is -0.677. The first-order valence-electron chi connectivity index (χ1n) is 12.4. The van der Waals surface area contributed by atoms with Crippen molar-refractivity contribution in [2.75, 3.05) is 57.6 Å². The molecule has 3 aliphatic rings. The highest BCUT2D eigenvalue weighted by Crippen LogP contribution is 2.36. The molecular weight excluding hydrogens is 467 g/mol. The molecule has 0 radical (unpaired) electrons. The smallest absolute Gasteiger partial charge is 0.309 e. The Kier molecular flexibility index (Phi) is 7.52. The average Bonchev–Trinajstić information content (AvgIpc) is 3.60. The molecule has 0 bridgehead atoms. The molecule has 192 valence electrons. The van der Waals surface area contributed by atoms with Gasteiger partial charge in [0, 0.05) is 45.9 Å². The van der Waals surface area contributed by atoms with Crippen LogP contribution < -0.4 is 25.0 Å². The lowest BCUT2D eigenvalue weighted by atomic mass is 10.0. The van der Waals surface area contributed by atoms with Gasteiger partial charge in [0.2, 0.25) is 6.79 Å². The van der Waals surface area contributed by atoms with E-state index in [0.717, 1.165) is 18.4 Å². The minimum absolute atomic E-state index is 0.0334. The predicted octanol–water partition coefficient (Wildman–Crippen LogP) is 1.83. The lowest BCUT2D eigenvalue weighted by molar-refractivity contribution is -0.139. The zero-order valence-electron chi connectivity index (χ0n) is 20.1. The van der Waals surface area contributed by atoms with Crippen LogP contribution in [0.2, 0.25) is 0 Å². The molecule has 5 rings (SSSR count). The fraction of sp³-hybridized carbons (Fsp3) is 0.462. The summed E-state index contributed by atoms with van der Waals surface area (Å²) in [6.45, 7) is 4.03. The summed E-state index contributed by atoms with van der Waals surface area (Å²) in [4.78, 5) is 29.2. The molecule has 0 spiro atoms. The second kappa shape index (κ2) is 11.1.